The van der Waals surface area contributed by atoms with E-state index in [2.05, 4.69) is 10.2 Å². The summed E-state index contributed by atoms with van der Waals surface area (Å²) in [7, 11) is 3.27. The second-order valence-electron chi connectivity index (χ2n) is 7.68. The monoisotopic (exact) mass is 409 g/mol. The highest BCUT2D eigenvalue weighted by Crippen LogP contribution is 2.38. The van der Waals surface area contributed by atoms with E-state index in [1.165, 1.54) is 4.90 Å². The fourth-order valence-electron chi connectivity index (χ4n) is 4.32. The number of imide groups is 1. The van der Waals surface area contributed by atoms with E-state index in [-0.39, 0.29) is 24.6 Å². The number of rotatable bonds is 7. The van der Waals surface area contributed by atoms with E-state index in [0.29, 0.717) is 6.42 Å². The zero-order valence-electron chi connectivity index (χ0n) is 17.3. The van der Waals surface area contributed by atoms with Crippen LogP contribution in [0.15, 0.2) is 48.5 Å². The van der Waals surface area contributed by atoms with Crippen LogP contribution in [0.3, 0.4) is 0 Å². The van der Waals surface area contributed by atoms with Crippen LogP contribution in [-0.2, 0) is 11.2 Å². The van der Waals surface area contributed by atoms with Crippen molar-refractivity contribution in [2.24, 2.45) is 0 Å². The number of methoxy groups -OCH3 is 2. The molecule has 2 saturated heterocycles. The van der Waals surface area contributed by atoms with Crippen molar-refractivity contribution >= 4 is 11.9 Å². The zero-order valence-corrected chi connectivity index (χ0v) is 17.3. The maximum atomic E-state index is 12.9. The minimum absolute atomic E-state index is 0.0830. The molecule has 158 valence electrons. The molecule has 2 heterocycles. The summed E-state index contributed by atoms with van der Waals surface area (Å²) in [4.78, 5) is 29.0. The number of hydrogen-bond donors (Lipinski definition) is 1. The number of likely N-dealkylation sites (tertiary alicyclic amines) is 1. The molecule has 0 spiro atoms. The van der Waals surface area contributed by atoms with Crippen LogP contribution < -0.4 is 14.8 Å². The summed E-state index contributed by atoms with van der Waals surface area (Å²) in [5.74, 6) is 1.32. The predicted octanol–water partition coefficient (Wildman–Crippen LogP) is 2.96. The number of carbonyl (C=O) groups excluding carboxylic acids is 2. The standard InChI is InChI=1S/C23H27N3O4/c1-29-17-10-11-18(21(14-17)30-2)20-9-6-12-25(20)15-26-22(27)19(24-23(26)28)13-16-7-4-3-5-8-16/h3-5,7-8,10-11,14,19-20H,6,9,12-13,15H2,1-2H3,(H,24,28)/t19-,20+/m0/s1. The molecule has 0 bridgehead atoms. The number of nitrogens with zero attached hydrogens (tertiary/aromatic N) is 2. The summed E-state index contributed by atoms with van der Waals surface area (Å²) in [6, 6.07) is 14.8. The van der Waals surface area contributed by atoms with E-state index >= 15 is 0 Å². The number of carbonyl (C=O) groups is 2. The number of urea groups is 1. The Morgan fingerprint density at radius 3 is 2.60 bits per heavy atom. The van der Waals surface area contributed by atoms with Crippen molar-refractivity contribution in [3.05, 3.63) is 59.7 Å². The largest absolute Gasteiger partial charge is 0.497 e. The first kappa shape index (κ1) is 20.2. The molecular weight excluding hydrogens is 382 g/mol. The molecule has 0 saturated carbocycles. The predicted molar refractivity (Wildman–Crippen MR) is 112 cm³/mol. The summed E-state index contributed by atoms with van der Waals surface area (Å²) in [5.41, 5.74) is 2.07. The fourth-order valence-corrected chi connectivity index (χ4v) is 4.32. The van der Waals surface area contributed by atoms with Gasteiger partial charge in [-0.25, -0.2) is 9.69 Å². The molecule has 2 aromatic rings. The number of benzene rings is 2. The van der Waals surface area contributed by atoms with Crippen molar-refractivity contribution in [3.63, 3.8) is 0 Å². The molecule has 7 heteroatoms. The highest BCUT2D eigenvalue weighted by Gasteiger charge is 2.40. The molecule has 1 N–H and O–H groups in total. The minimum atomic E-state index is -0.517. The molecule has 2 aliphatic rings. The van der Waals surface area contributed by atoms with E-state index in [4.69, 9.17) is 9.47 Å². The van der Waals surface area contributed by atoms with Gasteiger partial charge in [-0.3, -0.25) is 9.69 Å². The summed E-state index contributed by atoms with van der Waals surface area (Å²) in [5, 5.41) is 2.84. The number of hydrogen-bond acceptors (Lipinski definition) is 5. The normalized spacial score (nSPS) is 21.7. The Labute approximate surface area is 176 Å². The lowest BCUT2D eigenvalue weighted by atomic mass is 10.0. The van der Waals surface area contributed by atoms with Crippen LogP contribution in [0.1, 0.15) is 30.0 Å². The third-order valence-corrected chi connectivity index (χ3v) is 5.88. The van der Waals surface area contributed by atoms with Crippen molar-refractivity contribution in [2.75, 3.05) is 27.4 Å². The van der Waals surface area contributed by atoms with Gasteiger partial charge in [0, 0.05) is 30.6 Å². The average Bonchev–Trinajstić information content (AvgIpc) is 3.34. The Kier molecular flexibility index (Phi) is 5.90. The van der Waals surface area contributed by atoms with Crippen LogP contribution >= 0.6 is 0 Å². The molecule has 0 unspecified atom stereocenters. The number of ether oxygens (including phenoxy) is 2. The van der Waals surface area contributed by atoms with E-state index in [0.717, 1.165) is 42.0 Å². The van der Waals surface area contributed by atoms with E-state index in [1.54, 1.807) is 14.2 Å². The second-order valence-corrected chi connectivity index (χ2v) is 7.68. The smallest absolute Gasteiger partial charge is 0.325 e. The molecule has 2 aliphatic heterocycles. The Hall–Kier alpha value is -3.06. The van der Waals surface area contributed by atoms with Crippen LogP contribution in [-0.4, -0.2) is 55.2 Å². The van der Waals surface area contributed by atoms with Crippen molar-refractivity contribution in [1.82, 2.24) is 15.1 Å². The Morgan fingerprint density at radius 2 is 1.87 bits per heavy atom. The maximum Gasteiger partial charge on any atom is 0.325 e. The van der Waals surface area contributed by atoms with Crippen LogP contribution in [0.4, 0.5) is 4.79 Å². The quantitative estimate of drug-likeness (QED) is 0.712. The Morgan fingerprint density at radius 1 is 1.07 bits per heavy atom. The van der Waals surface area contributed by atoms with Gasteiger partial charge in [0.25, 0.3) is 5.91 Å². The summed E-state index contributed by atoms with van der Waals surface area (Å²) in [6.07, 6.45) is 2.44. The van der Waals surface area contributed by atoms with Gasteiger partial charge in [0.1, 0.15) is 17.5 Å². The third kappa shape index (κ3) is 3.98. The van der Waals surface area contributed by atoms with E-state index in [1.807, 2.05) is 48.5 Å². The molecular formula is C23H27N3O4. The maximum absolute atomic E-state index is 12.9. The summed E-state index contributed by atoms with van der Waals surface area (Å²) in [6.45, 7) is 1.09. The van der Waals surface area contributed by atoms with Gasteiger partial charge in [-0.2, -0.15) is 0 Å². The fraction of sp³-hybridized carbons (Fsp3) is 0.391. The molecule has 0 aromatic heterocycles. The van der Waals surface area contributed by atoms with Gasteiger partial charge < -0.3 is 14.8 Å². The highest BCUT2D eigenvalue weighted by molar-refractivity contribution is 6.04. The minimum Gasteiger partial charge on any atom is -0.497 e. The van der Waals surface area contributed by atoms with E-state index in [9.17, 15) is 9.59 Å². The summed E-state index contributed by atoms with van der Waals surface area (Å²) < 4.78 is 10.9. The molecule has 0 radical (unpaired) electrons. The third-order valence-electron chi connectivity index (χ3n) is 5.88. The molecule has 2 fully saturated rings. The van der Waals surface area contributed by atoms with Crippen molar-refractivity contribution < 1.29 is 19.1 Å². The highest BCUT2D eigenvalue weighted by atomic mass is 16.5. The van der Waals surface area contributed by atoms with Gasteiger partial charge in [-0.15, -0.1) is 0 Å². The van der Waals surface area contributed by atoms with Gasteiger partial charge >= 0.3 is 6.03 Å². The topological polar surface area (TPSA) is 71.1 Å². The van der Waals surface area contributed by atoms with Gasteiger partial charge in [-0.05, 0) is 24.5 Å². The molecule has 30 heavy (non-hydrogen) atoms. The molecule has 2 aromatic carbocycles. The van der Waals surface area contributed by atoms with Gasteiger partial charge in [-0.1, -0.05) is 36.4 Å². The Balaban J connectivity index is 1.48. The SMILES string of the molecule is COc1ccc([C@H]2CCCN2CN2C(=O)N[C@@H](Cc3ccccc3)C2=O)c(OC)c1. The van der Waals surface area contributed by atoms with Crippen LogP contribution in [0.5, 0.6) is 11.5 Å². The van der Waals surface area contributed by atoms with E-state index < -0.39 is 6.04 Å². The van der Waals surface area contributed by atoms with Gasteiger partial charge in [0.15, 0.2) is 0 Å². The first-order valence-corrected chi connectivity index (χ1v) is 10.2. The lowest BCUT2D eigenvalue weighted by Crippen LogP contribution is -2.42. The lowest BCUT2D eigenvalue weighted by molar-refractivity contribution is -0.129. The number of nitrogens with one attached hydrogen (secondary N) is 1. The first-order valence-electron chi connectivity index (χ1n) is 10.2. The average molecular weight is 409 g/mol. The lowest BCUT2D eigenvalue weighted by Gasteiger charge is -2.29. The van der Waals surface area contributed by atoms with Gasteiger partial charge in [0.05, 0.1) is 20.9 Å². The van der Waals surface area contributed by atoms with Crippen molar-refractivity contribution in [1.29, 1.82) is 0 Å². The first-order chi connectivity index (χ1) is 14.6. The number of amides is 3. The van der Waals surface area contributed by atoms with Crippen molar-refractivity contribution in [3.8, 4) is 11.5 Å². The molecule has 0 aliphatic carbocycles. The summed E-state index contributed by atoms with van der Waals surface area (Å²) >= 11 is 0. The molecule has 2 atom stereocenters. The van der Waals surface area contributed by atoms with Crippen LogP contribution in [0.25, 0.3) is 0 Å². The molecule has 4 rings (SSSR count). The van der Waals surface area contributed by atoms with Crippen LogP contribution in [0, 0.1) is 0 Å². The zero-order chi connectivity index (χ0) is 21.1. The second kappa shape index (κ2) is 8.75. The molecule has 3 amide bonds. The molecule has 7 nitrogen and oxygen atoms in total. The van der Waals surface area contributed by atoms with Crippen LogP contribution in [0.2, 0.25) is 0 Å². The Bertz CT molecular complexity index is 918. The van der Waals surface area contributed by atoms with Gasteiger partial charge in [0.2, 0.25) is 0 Å². The van der Waals surface area contributed by atoms with Crippen molar-refractivity contribution in [2.45, 2.75) is 31.3 Å².